The maximum Gasteiger partial charge on any atom is 0.167 e. The van der Waals surface area contributed by atoms with Crippen LogP contribution in [0.2, 0.25) is 0 Å². The topological polar surface area (TPSA) is 55.5 Å². The van der Waals surface area contributed by atoms with Crippen LogP contribution in [-0.4, -0.2) is 18.8 Å². The third kappa shape index (κ3) is 2.06. The van der Waals surface area contributed by atoms with Crippen molar-refractivity contribution in [2.45, 2.75) is 6.92 Å². The Morgan fingerprint density at radius 1 is 1.50 bits per heavy atom. The normalized spacial score (nSPS) is 10.8. The molecule has 0 heterocycles. The van der Waals surface area contributed by atoms with E-state index in [4.69, 9.17) is 10.5 Å². The molecule has 3 heteroatoms. The second-order valence-corrected chi connectivity index (χ2v) is 2.99. The quantitative estimate of drug-likeness (QED) is 0.768. The molecule has 0 saturated carbocycles. The van der Waals surface area contributed by atoms with Gasteiger partial charge < -0.3 is 15.6 Å². The second kappa shape index (κ2) is 4.67. The molecule has 0 aliphatic heterocycles. The summed E-state index contributed by atoms with van der Waals surface area (Å²) in [6.45, 7) is 2.30. The molecule has 14 heavy (non-hydrogen) atoms. The number of benzene rings is 1. The van der Waals surface area contributed by atoms with Crippen molar-refractivity contribution in [1.29, 1.82) is 0 Å². The molecule has 0 unspecified atom stereocenters. The Balaban J connectivity index is 3.17. The number of hydrogen-bond donors (Lipinski definition) is 2. The molecule has 0 aliphatic carbocycles. The molecule has 1 aromatic carbocycles. The van der Waals surface area contributed by atoms with E-state index in [0.717, 1.165) is 11.1 Å². The Hall–Kier alpha value is -1.48. The van der Waals surface area contributed by atoms with E-state index < -0.39 is 0 Å². The first-order chi connectivity index (χ1) is 6.70. The van der Waals surface area contributed by atoms with Crippen molar-refractivity contribution in [3.8, 4) is 11.5 Å². The first-order valence-electron chi connectivity index (χ1n) is 4.44. The Kier molecular flexibility index (Phi) is 3.54. The van der Waals surface area contributed by atoms with Crippen LogP contribution in [-0.2, 0) is 0 Å². The molecule has 3 N–H and O–H groups in total. The van der Waals surface area contributed by atoms with E-state index >= 15 is 0 Å². The minimum absolute atomic E-state index is 0.187. The van der Waals surface area contributed by atoms with E-state index in [0.29, 0.717) is 12.3 Å². The fourth-order valence-corrected chi connectivity index (χ4v) is 1.23. The first-order valence-corrected chi connectivity index (χ1v) is 4.44. The number of rotatable bonds is 3. The SMILES string of the molecule is COc1c(/C=C/CN)ccc(C)c1O. The van der Waals surface area contributed by atoms with E-state index in [9.17, 15) is 5.11 Å². The van der Waals surface area contributed by atoms with E-state index in [-0.39, 0.29) is 5.75 Å². The van der Waals surface area contributed by atoms with E-state index in [1.165, 1.54) is 7.11 Å². The van der Waals surface area contributed by atoms with Gasteiger partial charge in [-0.15, -0.1) is 0 Å². The monoisotopic (exact) mass is 193 g/mol. The summed E-state index contributed by atoms with van der Waals surface area (Å²) in [4.78, 5) is 0. The predicted molar refractivity (Wildman–Crippen MR) is 57.5 cm³/mol. The van der Waals surface area contributed by atoms with Crippen LogP contribution in [0.4, 0.5) is 0 Å². The predicted octanol–water partition coefficient (Wildman–Crippen LogP) is 1.68. The summed E-state index contributed by atoms with van der Waals surface area (Å²) in [5, 5.41) is 9.69. The number of ether oxygens (including phenoxy) is 1. The van der Waals surface area contributed by atoms with Gasteiger partial charge in [0, 0.05) is 12.1 Å². The van der Waals surface area contributed by atoms with Crippen LogP contribution >= 0.6 is 0 Å². The Bertz CT molecular complexity index is 345. The van der Waals surface area contributed by atoms with E-state index in [2.05, 4.69) is 0 Å². The Morgan fingerprint density at radius 3 is 2.79 bits per heavy atom. The average molecular weight is 193 g/mol. The van der Waals surface area contributed by atoms with Gasteiger partial charge in [-0.05, 0) is 12.5 Å². The second-order valence-electron chi connectivity index (χ2n) is 2.99. The summed E-state index contributed by atoms with van der Waals surface area (Å²) in [5.74, 6) is 0.682. The van der Waals surface area contributed by atoms with Crippen LogP contribution in [0.1, 0.15) is 11.1 Å². The number of hydrogen-bond acceptors (Lipinski definition) is 3. The molecular weight excluding hydrogens is 178 g/mol. The maximum atomic E-state index is 9.69. The van der Waals surface area contributed by atoms with Crippen molar-refractivity contribution >= 4 is 6.08 Å². The number of nitrogens with two attached hydrogens (primary N) is 1. The van der Waals surface area contributed by atoms with Gasteiger partial charge in [-0.2, -0.15) is 0 Å². The lowest BCUT2D eigenvalue weighted by molar-refractivity contribution is 0.371. The Labute approximate surface area is 83.8 Å². The van der Waals surface area contributed by atoms with Gasteiger partial charge in [0.1, 0.15) is 0 Å². The lowest BCUT2D eigenvalue weighted by Gasteiger charge is -2.09. The van der Waals surface area contributed by atoms with Crippen molar-refractivity contribution < 1.29 is 9.84 Å². The molecule has 3 nitrogen and oxygen atoms in total. The molecule has 0 radical (unpaired) electrons. The third-order valence-corrected chi connectivity index (χ3v) is 2.00. The summed E-state index contributed by atoms with van der Waals surface area (Å²) >= 11 is 0. The van der Waals surface area contributed by atoms with Crippen LogP contribution in [0, 0.1) is 6.92 Å². The number of aromatic hydroxyl groups is 1. The highest BCUT2D eigenvalue weighted by Crippen LogP contribution is 2.33. The minimum atomic E-state index is 0.187. The van der Waals surface area contributed by atoms with E-state index in [1.54, 1.807) is 0 Å². The van der Waals surface area contributed by atoms with Crippen LogP contribution in [0.15, 0.2) is 18.2 Å². The van der Waals surface area contributed by atoms with Gasteiger partial charge in [0.2, 0.25) is 0 Å². The van der Waals surface area contributed by atoms with Gasteiger partial charge in [-0.1, -0.05) is 24.3 Å². The van der Waals surface area contributed by atoms with Crippen molar-refractivity contribution in [3.63, 3.8) is 0 Å². The molecule has 76 valence electrons. The smallest absolute Gasteiger partial charge is 0.167 e. The zero-order chi connectivity index (χ0) is 10.6. The van der Waals surface area contributed by atoms with Gasteiger partial charge in [0.05, 0.1) is 7.11 Å². The molecule has 0 amide bonds. The van der Waals surface area contributed by atoms with E-state index in [1.807, 2.05) is 31.2 Å². The Morgan fingerprint density at radius 2 is 2.21 bits per heavy atom. The van der Waals surface area contributed by atoms with Gasteiger partial charge in [-0.3, -0.25) is 0 Å². The number of phenols is 1. The lowest BCUT2D eigenvalue weighted by Crippen LogP contribution is -1.93. The highest BCUT2D eigenvalue weighted by Gasteiger charge is 2.08. The minimum Gasteiger partial charge on any atom is -0.504 e. The summed E-state index contributed by atoms with van der Waals surface area (Å²) in [7, 11) is 1.54. The van der Waals surface area contributed by atoms with Crippen molar-refractivity contribution in [1.82, 2.24) is 0 Å². The molecule has 0 atom stereocenters. The van der Waals surface area contributed by atoms with Gasteiger partial charge in [0.25, 0.3) is 0 Å². The lowest BCUT2D eigenvalue weighted by atomic mass is 10.1. The summed E-state index contributed by atoms with van der Waals surface area (Å²) < 4.78 is 5.11. The standard InChI is InChI=1S/C11H15NO2/c1-8-5-6-9(4-3-7-12)11(14-2)10(8)13/h3-6,13H,7,12H2,1-2H3/b4-3+. The van der Waals surface area contributed by atoms with Crippen molar-refractivity contribution in [2.24, 2.45) is 5.73 Å². The molecule has 0 aromatic heterocycles. The molecule has 0 spiro atoms. The fraction of sp³-hybridized carbons (Fsp3) is 0.273. The fourth-order valence-electron chi connectivity index (χ4n) is 1.23. The zero-order valence-corrected chi connectivity index (χ0v) is 8.45. The van der Waals surface area contributed by atoms with Crippen LogP contribution in [0.5, 0.6) is 11.5 Å². The number of phenolic OH excluding ortho intramolecular Hbond substituents is 1. The number of methoxy groups -OCH3 is 1. The first kappa shape index (κ1) is 10.6. The zero-order valence-electron chi connectivity index (χ0n) is 8.45. The maximum absolute atomic E-state index is 9.69. The van der Waals surface area contributed by atoms with Crippen molar-refractivity contribution in [2.75, 3.05) is 13.7 Å². The van der Waals surface area contributed by atoms with Gasteiger partial charge in [-0.25, -0.2) is 0 Å². The molecular formula is C11H15NO2. The molecule has 0 aliphatic rings. The molecule has 0 bridgehead atoms. The molecule has 1 aromatic rings. The number of aryl methyl sites for hydroxylation is 1. The summed E-state index contributed by atoms with van der Waals surface area (Å²) in [6, 6.07) is 3.73. The van der Waals surface area contributed by atoms with Crippen LogP contribution in [0.25, 0.3) is 6.08 Å². The summed E-state index contributed by atoms with van der Waals surface area (Å²) in [5.41, 5.74) is 6.98. The highest BCUT2D eigenvalue weighted by molar-refractivity contribution is 5.63. The van der Waals surface area contributed by atoms with Crippen LogP contribution in [0.3, 0.4) is 0 Å². The highest BCUT2D eigenvalue weighted by atomic mass is 16.5. The van der Waals surface area contributed by atoms with Gasteiger partial charge in [0.15, 0.2) is 11.5 Å². The summed E-state index contributed by atoms with van der Waals surface area (Å²) in [6.07, 6.45) is 3.64. The van der Waals surface area contributed by atoms with Crippen LogP contribution < -0.4 is 10.5 Å². The average Bonchev–Trinajstić information content (AvgIpc) is 2.20. The largest absolute Gasteiger partial charge is 0.504 e. The van der Waals surface area contributed by atoms with Gasteiger partial charge >= 0.3 is 0 Å². The molecule has 0 saturated heterocycles. The molecule has 0 fully saturated rings. The third-order valence-electron chi connectivity index (χ3n) is 2.00. The van der Waals surface area contributed by atoms with Crippen molar-refractivity contribution in [3.05, 3.63) is 29.3 Å². The molecule has 1 rings (SSSR count).